The Hall–Kier alpha value is -8.21. The van der Waals surface area contributed by atoms with Crippen LogP contribution in [0.15, 0.2) is 239 Å². The summed E-state index contributed by atoms with van der Waals surface area (Å²) < 4.78 is 0. The Kier molecular flexibility index (Phi) is 8.99. The minimum absolute atomic E-state index is 0.171. The summed E-state index contributed by atoms with van der Waals surface area (Å²) in [4.78, 5) is 16.0. The lowest BCUT2D eigenvalue weighted by Gasteiger charge is -2.31. The molecule has 0 radical (unpaired) electrons. The molecule has 4 heteroatoms. The molecule has 0 aromatic heterocycles. The van der Waals surface area contributed by atoms with Gasteiger partial charge in [0.05, 0.1) is 11.1 Å². The van der Waals surface area contributed by atoms with Crippen LogP contribution in [0.2, 0.25) is 0 Å². The van der Waals surface area contributed by atoms with E-state index in [1.54, 1.807) is 0 Å². The molecule has 0 saturated heterocycles. The highest BCUT2D eigenvalue weighted by molar-refractivity contribution is 6.16. The summed E-state index contributed by atoms with van der Waals surface area (Å²) in [6.45, 7) is 0. The molecule has 9 aromatic rings. The van der Waals surface area contributed by atoms with Crippen LogP contribution in [-0.4, -0.2) is 17.4 Å². The van der Waals surface area contributed by atoms with Crippen LogP contribution in [0.4, 0.5) is 5.69 Å². The zero-order valence-corrected chi connectivity index (χ0v) is 36.3. The van der Waals surface area contributed by atoms with Crippen LogP contribution < -0.4 is 5.32 Å². The smallest absolute Gasteiger partial charge is 0.169 e. The highest BCUT2D eigenvalue weighted by Crippen LogP contribution is 2.63. The third-order valence-electron chi connectivity index (χ3n) is 14.2. The van der Waals surface area contributed by atoms with Crippen molar-refractivity contribution >= 4 is 23.1 Å². The Morgan fingerprint density at radius 1 is 0.394 bits per heavy atom. The van der Waals surface area contributed by atoms with Gasteiger partial charge in [0.25, 0.3) is 0 Å². The van der Waals surface area contributed by atoms with E-state index < -0.39 is 11.6 Å². The highest BCUT2D eigenvalue weighted by atomic mass is 15.2. The molecule has 0 amide bonds. The van der Waals surface area contributed by atoms with Gasteiger partial charge in [-0.25, -0.2) is 9.98 Å². The van der Waals surface area contributed by atoms with E-state index in [-0.39, 0.29) is 5.92 Å². The Morgan fingerprint density at radius 3 is 1.55 bits per heavy atom. The van der Waals surface area contributed by atoms with Crippen molar-refractivity contribution in [3.8, 4) is 33.4 Å². The van der Waals surface area contributed by atoms with Gasteiger partial charge in [-0.3, -0.25) is 4.99 Å². The first-order valence-corrected chi connectivity index (χ1v) is 23.1. The van der Waals surface area contributed by atoms with Crippen molar-refractivity contribution in [2.24, 2.45) is 15.0 Å². The average molecular weight is 845 g/mol. The van der Waals surface area contributed by atoms with Crippen molar-refractivity contribution in [2.45, 2.75) is 30.3 Å². The molecule has 13 rings (SSSR count). The summed E-state index contributed by atoms with van der Waals surface area (Å²) in [5, 5.41) is 3.59. The molecule has 2 heterocycles. The number of hydrogen-bond donors (Lipinski definition) is 1. The van der Waals surface area contributed by atoms with Crippen LogP contribution in [0.3, 0.4) is 0 Å². The second-order valence-corrected chi connectivity index (χ2v) is 17.8. The summed E-state index contributed by atoms with van der Waals surface area (Å²) in [6.07, 6.45) is 1.40. The van der Waals surface area contributed by atoms with E-state index in [0.717, 1.165) is 52.6 Å². The number of nitrogens with one attached hydrogen (secondary N) is 1. The fourth-order valence-electron chi connectivity index (χ4n) is 11.3. The number of amidine groups is 2. The second kappa shape index (κ2) is 15.5. The fraction of sp³-hybridized carbons (Fsp3) is 0.0806. The molecule has 1 spiro atoms. The van der Waals surface area contributed by atoms with Crippen molar-refractivity contribution in [2.75, 3.05) is 0 Å². The number of fused-ring (bicyclic) bond motifs is 11. The number of benzene rings is 9. The normalized spacial score (nSPS) is 16.4. The number of nitrogens with zero attached hydrogens (tertiary/aromatic N) is 3. The first kappa shape index (κ1) is 38.3. The van der Waals surface area contributed by atoms with Crippen molar-refractivity contribution in [3.63, 3.8) is 0 Å². The van der Waals surface area contributed by atoms with Gasteiger partial charge in [0.1, 0.15) is 11.7 Å². The molecule has 0 fully saturated rings. The maximum atomic E-state index is 5.34. The second-order valence-electron chi connectivity index (χ2n) is 17.8. The Balaban J connectivity index is 0.983. The SMILES string of the molecule is c1ccc(C2=Nc3ccccc3C(c3ccccc3-c3ccc4c(c3)C3(c5ccccc5-c5ccccc53)c3cc(C5N=C(c6ccccc6)NC(c6ccccc6)=N5)ccc3-4)CC2)cc1. The van der Waals surface area contributed by atoms with Crippen LogP contribution in [0.5, 0.6) is 0 Å². The number of hydrogen-bond acceptors (Lipinski definition) is 4. The minimum Gasteiger partial charge on any atom is -0.324 e. The molecule has 2 aliphatic heterocycles. The van der Waals surface area contributed by atoms with Crippen molar-refractivity contribution in [3.05, 3.63) is 280 Å². The van der Waals surface area contributed by atoms with E-state index in [4.69, 9.17) is 15.0 Å². The highest BCUT2D eigenvalue weighted by Gasteiger charge is 2.52. The Bertz CT molecular complexity index is 3360. The predicted octanol–water partition coefficient (Wildman–Crippen LogP) is 14.2. The van der Waals surface area contributed by atoms with E-state index >= 15 is 0 Å². The molecular weight excluding hydrogens is 801 g/mol. The molecule has 9 aromatic carbocycles. The minimum atomic E-state index is -0.559. The van der Waals surface area contributed by atoms with Crippen LogP contribution >= 0.6 is 0 Å². The van der Waals surface area contributed by atoms with Gasteiger partial charge < -0.3 is 5.32 Å². The van der Waals surface area contributed by atoms with E-state index in [0.29, 0.717) is 0 Å². The molecule has 4 aliphatic rings. The van der Waals surface area contributed by atoms with Gasteiger partial charge in [-0.1, -0.05) is 206 Å². The monoisotopic (exact) mass is 844 g/mol. The first-order chi connectivity index (χ1) is 32.7. The maximum absolute atomic E-state index is 5.34. The molecule has 1 N–H and O–H groups in total. The lowest BCUT2D eigenvalue weighted by Crippen LogP contribution is -2.36. The molecule has 66 heavy (non-hydrogen) atoms. The molecular formula is C62H44N4. The van der Waals surface area contributed by atoms with Gasteiger partial charge in [0, 0.05) is 22.8 Å². The van der Waals surface area contributed by atoms with Crippen LogP contribution in [0.1, 0.15) is 80.6 Å². The largest absolute Gasteiger partial charge is 0.324 e. The first-order valence-electron chi connectivity index (χ1n) is 23.1. The van der Waals surface area contributed by atoms with Crippen molar-refractivity contribution < 1.29 is 0 Å². The van der Waals surface area contributed by atoms with E-state index in [2.05, 4.69) is 218 Å². The number of rotatable bonds is 6. The summed E-state index contributed by atoms with van der Waals surface area (Å²) in [6, 6.07) is 81.7. The molecule has 0 bridgehead atoms. The third-order valence-corrected chi connectivity index (χ3v) is 14.2. The Morgan fingerprint density at radius 2 is 0.894 bits per heavy atom. The van der Waals surface area contributed by atoms with E-state index in [9.17, 15) is 0 Å². The third kappa shape index (κ3) is 6.02. The van der Waals surface area contributed by atoms with Crippen LogP contribution in [0, 0.1) is 0 Å². The lowest BCUT2D eigenvalue weighted by atomic mass is 9.70. The lowest BCUT2D eigenvalue weighted by molar-refractivity contribution is 0.744. The summed E-state index contributed by atoms with van der Waals surface area (Å²) in [7, 11) is 0. The molecule has 0 saturated carbocycles. The zero-order valence-electron chi connectivity index (χ0n) is 36.3. The molecule has 4 nitrogen and oxygen atoms in total. The molecule has 1 unspecified atom stereocenters. The van der Waals surface area contributed by atoms with Crippen LogP contribution in [-0.2, 0) is 5.41 Å². The van der Waals surface area contributed by atoms with E-state index in [1.807, 2.05) is 12.1 Å². The molecule has 2 aliphatic carbocycles. The van der Waals surface area contributed by atoms with Gasteiger partial charge in [-0.2, -0.15) is 0 Å². The summed E-state index contributed by atoms with van der Waals surface area (Å²) in [5.41, 5.74) is 21.3. The van der Waals surface area contributed by atoms with Gasteiger partial charge >= 0.3 is 0 Å². The zero-order chi connectivity index (χ0) is 43.6. The van der Waals surface area contributed by atoms with Crippen molar-refractivity contribution in [1.29, 1.82) is 0 Å². The van der Waals surface area contributed by atoms with Gasteiger partial charge in [-0.15, -0.1) is 0 Å². The predicted molar refractivity (Wildman–Crippen MR) is 270 cm³/mol. The average Bonchev–Trinajstić information content (AvgIpc) is 3.76. The number of aliphatic imine (C=N–C) groups is 3. The van der Waals surface area contributed by atoms with Crippen molar-refractivity contribution in [1.82, 2.24) is 5.32 Å². The Labute approximate surface area is 385 Å². The summed E-state index contributed by atoms with van der Waals surface area (Å²) >= 11 is 0. The maximum Gasteiger partial charge on any atom is 0.169 e. The quantitative estimate of drug-likeness (QED) is 0.178. The molecule has 312 valence electrons. The van der Waals surface area contributed by atoms with Gasteiger partial charge in [0.2, 0.25) is 0 Å². The number of para-hydroxylation sites is 1. The van der Waals surface area contributed by atoms with E-state index in [1.165, 1.54) is 72.3 Å². The standard InChI is InChI=1S/C62H44N4/c1-4-18-40(19-5-1)57-37-36-47(52-28-14-17-31-58(52)63-57)46-25-11-10-24-45(46)43-32-34-50-51-35-33-44(61-65-59(41-20-6-2-7-21-41)64-60(66-61)42-22-8-3-9-23-42)39-56(51)62(55(50)38-43)53-29-15-12-26-48(53)49-27-13-16-30-54(49)62/h1-35,38-39,47,61H,36-37H2,(H,64,65,66). The fourth-order valence-corrected chi connectivity index (χ4v) is 11.3. The molecule has 1 atom stereocenters. The van der Waals surface area contributed by atoms with Crippen LogP contribution in [0.25, 0.3) is 33.4 Å². The van der Waals surface area contributed by atoms with Gasteiger partial charge in [0.15, 0.2) is 6.17 Å². The van der Waals surface area contributed by atoms with Gasteiger partial charge in [-0.05, 0) is 109 Å². The summed E-state index contributed by atoms with van der Waals surface area (Å²) in [5.74, 6) is 1.80. The topological polar surface area (TPSA) is 49.1 Å².